The van der Waals surface area contributed by atoms with Crippen molar-refractivity contribution in [1.29, 1.82) is 0 Å². The molecule has 0 aromatic carbocycles. The van der Waals surface area contributed by atoms with Crippen LogP contribution >= 0.6 is 0 Å². The van der Waals surface area contributed by atoms with Crippen molar-refractivity contribution in [2.45, 2.75) is 13.0 Å². The summed E-state index contributed by atoms with van der Waals surface area (Å²) >= 11 is 0. The fourth-order valence-corrected chi connectivity index (χ4v) is 4.18. The molecule has 13 heavy (non-hydrogen) atoms. The predicted molar refractivity (Wildman–Crippen MR) is 47.5 cm³/mol. The van der Waals surface area contributed by atoms with Gasteiger partial charge in [0.1, 0.15) is 0 Å². The van der Waals surface area contributed by atoms with Crippen LogP contribution in [0.1, 0.15) is 6.92 Å². The van der Waals surface area contributed by atoms with E-state index in [1.807, 2.05) is 0 Å². The van der Waals surface area contributed by atoms with Crippen LogP contribution in [0.4, 0.5) is 0 Å². The molecule has 0 N–H and O–H groups in total. The average molecular weight is 228 g/mol. The van der Waals surface area contributed by atoms with E-state index in [4.69, 9.17) is 0 Å². The van der Waals surface area contributed by atoms with E-state index in [1.165, 1.54) is 0 Å². The molecule has 5 nitrogen and oxygen atoms in total. The first kappa shape index (κ1) is 10.9. The van der Waals surface area contributed by atoms with E-state index in [9.17, 15) is 16.8 Å². The molecule has 0 aromatic heterocycles. The molecule has 1 saturated heterocycles. The van der Waals surface area contributed by atoms with Gasteiger partial charge in [-0.25, -0.2) is 8.42 Å². The molecule has 0 bridgehead atoms. The lowest BCUT2D eigenvalue weighted by Crippen LogP contribution is -2.23. The molecule has 1 fully saturated rings. The second kappa shape index (κ2) is 3.21. The van der Waals surface area contributed by atoms with Crippen LogP contribution in [-0.4, -0.2) is 40.7 Å². The highest BCUT2D eigenvalue weighted by Gasteiger charge is 2.37. The van der Waals surface area contributed by atoms with Gasteiger partial charge in [-0.05, 0) is 5.92 Å². The summed E-state index contributed by atoms with van der Waals surface area (Å²) in [5, 5.41) is 0. The monoisotopic (exact) mass is 228 g/mol. The van der Waals surface area contributed by atoms with E-state index < -0.39 is 26.1 Å². The summed E-state index contributed by atoms with van der Waals surface area (Å²) in [7, 11) is -6.66. The molecule has 7 heteroatoms. The van der Waals surface area contributed by atoms with E-state index in [1.54, 1.807) is 6.92 Å². The summed E-state index contributed by atoms with van der Waals surface area (Å²) in [6.07, 6.45) is 0.213. The zero-order valence-electron chi connectivity index (χ0n) is 7.43. The van der Waals surface area contributed by atoms with Crippen LogP contribution in [0.5, 0.6) is 0 Å². The van der Waals surface area contributed by atoms with E-state index in [2.05, 4.69) is 4.18 Å². The normalized spacial score (nSPS) is 33.4. The SMILES string of the molecule is C[C@@H]1CS(=O)(=O)C[C@@H]1OS(C)(=O)=O. The highest BCUT2D eigenvalue weighted by atomic mass is 32.2. The van der Waals surface area contributed by atoms with Gasteiger partial charge in [0.05, 0.1) is 23.9 Å². The number of hydrogen-bond donors (Lipinski definition) is 0. The highest BCUT2D eigenvalue weighted by molar-refractivity contribution is 7.91. The van der Waals surface area contributed by atoms with Crippen molar-refractivity contribution >= 4 is 20.0 Å². The van der Waals surface area contributed by atoms with Gasteiger partial charge >= 0.3 is 0 Å². The summed E-state index contributed by atoms with van der Waals surface area (Å²) in [4.78, 5) is 0. The van der Waals surface area contributed by atoms with Crippen LogP contribution in [0.25, 0.3) is 0 Å². The topological polar surface area (TPSA) is 77.5 Å². The molecule has 78 valence electrons. The third-order valence-corrected chi connectivity index (χ3v) is 4.33. The molecule has 1 heterocycles. The first-order chi connectivity index (χ1) is 5.70. The number of rotatable bonds is 2. The summed E-state index contributed by atoms with van der Waals surface area (Å²) in [5.74, 6) is -0.436. The largest absolute Gasteiger partial charge is 0.266 e. The molecule has 0 aromatic rings. The summed E-state index contributed by atoms with van der Waals surface area (Å²) in [6.45, 7) is 1.67. The minimum atomic E-state index is -3.56. The van der Waals surface area contributed by atoms with Crippen molar-refractivity contribution in [3.63, 3.8) is 0 Å². The Bertz CT molecular complexity index is 379. The Morgan fingerprint density at radius 3 is 2.15 bits per heavy atom. The third-order valence-electron chi connectivity index (χ3n) is 1.87. The second-order valence-corrected chi connectivity index (χ2v) is 7.15. The summed E-state index contributed by atoms with van der Waals surface area (Å²) in [5.41, 5.74) is 0. The Labute approximate surface area is 78.1 Å². The first-order valence-electron chi connectivity index (χ1n) is 3.78. The van der Waals surface area contributed by atoms with E-state index in [0.717, 1.165) is 6.26 Å². The van der Waals surface area contributed by atoms with Gasteiger partial charge in [0.15, 0.2) is 9.84 Å². The second-order valence-electron chi connectivity index (χ2n) is 3.39. The quantitative estimate of drug-likeness (QED) is 0.589. The van der Waals surface area contributed by atoms with Gasteiger partial charge in [-0.3, -0.25) is 4.18 Å². The van der Waals surface area contributed by atoms with Gasteiger partial charge in [0.25, 0.3) is 10.1 Å². The van der Waals surface area contributed by atoms with E-state index in [0.29, 0.717) is 0 Å². The predicted octanol–water partition coefficient (Wildman–Crippen LogP) is -0.604. The maximum atomic E-state index is 11.1. The van der Waals surface area contributed by atoms with Crippen molar-refractivity contribution in [3.05, 3.63) is 0 Å². The van der Waals surface area contributed by atoms with Crippen molar-refractivity contribution in [3.8, 4) is 0 Å². The molecule has 2 atom stereocenters. The molecule has 1 rings (SSSR count). The average Bonchev–Trinajstić information content (AvgIpc) is 2.00. The molecule has 1 aliphatic rings. The number of sulfone groups is 1. The lowest BCUT2D eigenvalue weighted by molar-refractivity contribution is 0.194. The Kier molecular flexibility index (Phi) is 2.70. The zero-order valence-corrected chi connectivity index (χ0v) is 9.06. The molecule has 0 saturated carbocycles. The fraction of sp³-hybridized carbons (Fsp3) is 1.00. The summed E-state index contributed by atoms with van der Waals surface area (Å²) in [6, 6.07) is 0. The van der Waals surface area contributed by atoms with Crippen LogP contribution in [0.15, 0.2) is 0 Å². The van der Waals surface area contributed by atoms with Crippen LogP contribution in [-0.2, 0) is 24.1 Å². The Morgan fingerprint density at radius 1 is 1.31 bits per heavy atom. The first-order valence-corrected chi connectivity index (χ1v) is 7.42. The van der Waals surface area contributed by atoms with E-state index >= 15 is 0 Å². The molecule has 0 amide bonds. The third kappa shape index (κ3) is 3.24. The maximum absolute atomic E-state index is 11.1. The van der Waals surface area contributed by atoms with Crippen molar-refractivity contribution in [1.82, 2.24) is 0 Å². The van der Waals surface area contributed by atoms with Crippen molar-refractivity contribution in [2.24, 2.45) is 5.92 Å². The maximum Gasteiger partial charge on any atom is 0.264 e. The highest BCUT2D eigenvalue weighted by Crippen LogP contribution is 2.22. The fourth-order valence-electron chi connectivity index (χ4n) is 1.34. The van der Waals surface area contributed by atoms with Crippen LogP contribution in [0.3, 0.4) is 0 Å². The van der Waals surface area contributed by atoms with Crippen molar-refractivity contribution in [2.75, 3.05) is 17.8 Å². The Balaban J connectivity index is 2.76. The Morgan fingerprint density at radius 2 is 1.85 bits per heavy atom. The molecular formula is C6H12O5S2. The van der Waals surface area contributed by atoms with E-state index in [-0.39, 0.29) is 17.4 Å². The van der Waals surface area contributed by atoms with Gasteiger partial charge in [0.2, 0.25) is 0 Å². The lowest BCUT2D eigenvalue weighted by atomic mass is 10.1. The zero-order chi connectivity index (χ0) is 10.3. The molecule has 0 aliphatic carbocycles. The summed E-state index contributed by atoms with van der Waals surface area (Å²) < 4.78 is 48.2. The van der Waals surface area contributed by atoms with Gasteiger partial charge in [-0.2, -0.15) is 8.42 Å². The molecule has 1 aliphatic heterocycles. The van der Waals surface area contributed by atoms with Crippen LogP contribution < -0.4 is 0 Å². The van der Waals surface area contributed by atoms with Gasteiger partial charge in [0, 0.05) is 0 Å². The minimum absolute atomic E-state index is 0.00713. The lowest BCUT2D eigenvalue weighted by Gasteiger charge is -2.11. The number of hydrogen-bond acceptors (Lipinski definition) is 5. The standard InChI is InChI=1S/C6H12O5S2/c1-5-3-13(9,10)4-6(5)11-12(2,7)8/h5-6H,3-4H2,1-2H3/t5-,6+/m1/s1. The minimum Gasteiger partial charge on any atom is -0.266 e. The van der Waals surface area contributed by atoms with Gasteiger partial charge < -0.3 is 0 Å². The molecule has 0 spiro atoms. The molecular weight excluding hydrogens is 216 g/mol. The van der Waals surface area contributed by atoms with Gasteiger partial charge in [-0.1, -0.05) is 6.92 Å². The molecule has 0 unspecified atom stereocenters. The smallest absolute Gasteiger partial charge is 0.264 e. The van der Waals surface area contributed by atoms with Crippen LogP contribution in [0.2, 0.25) is 0 Å². The Hall–Kier alpha value is -0.140. The molecule has 0 radical (unpaired) electrons. The van der Waals surface area contributed by atoms with Crippen molar-refractivity contribution < 1.29 is 21.0 Å². The van der Waals surface area contributed by atoms with Crippen LogP contribution in [0, 0.1) is 5.92 Å². The van der Waals surface area contributed by atoms with Gasteiger partial charge in [-0.15, -0.1) is 0 Å².